The molecule has 2 aromatic rings. The highest BCUT2D eigenvalue weighted by molar-refractivity contribution is 7.52. The molecular weight excluding hydrogens is 329 g/mol. The Hall–Kier alpha value is -2.14. The molecule has 0 aromatic heterocycles. The first-order valence-corrected chi connectivity index (χ1v) is 8.95. The van der Waals surface area contributed by atoms with Gasteiger partial charge in [0, 0.05) is 0 Å². The normalized spacial score (nSPS) is 14.4. The van der Waals surface area contributed by atoms with Gasteiger partial charge >= 0.3 is 13.7 Å². The third-order valence-corrected chi connectivity index (χ3v) is 4.74. The van der Waals surface area contributed by atoms with Gasteiger partial charge in [0.2, 0.25) is 0 Å². The van der Waals surface area contributed by atoms with Crippen molar-refractivity contribution in [3.8, 4) is 5.75 Å². The summed E-state index contributed by atoms with van der Waals surface area (Å²) in [6.07, 6.45) is 0. The second-order valence-electron chi connectivity index (χ2n) is 5.03. The monoisotopic (exact) mass is 349 g/mol. The van der Waals surface area contributed by atoms with Crippen LogP contribution in [0.25, 0.3) is 0 Å². The quantitative estimate of drug-likeness (QED) is 0.580. The van der Waals surface area contributed by atoms with Gasteiger partial charge in [-0.2, -0.15) is 5.09 Å². The number of methoxy groups -OCH3 is 1. The van der Waals surface area contributed by atoms with Crippen LogP contribution in [0.1, 0.15) is 12.5 Å². The number of rotatable bonds is 8. The second kappa shape index (κ2) is 8.64. The molecule has 2 unspecified atom stereocenters. The summed E-state index contributed by atoms with van der Waals surface area (Å²) in [6.45, 7) is 1.60. The zero-order chi connectivity index (χ0) is 17.4. The molecular formula is C17H20NO5P. The van der Waals surface area contributed by atoms with Crippen LogP contribution in [-0.4, -0.2) is 19.1 Å². The van der Waals surface area contributed by atoms with Crippen LogP contribution in [0.3, 0.4) is 0 Å². The van der Waals surface area contributed by atoms with E-state index in [1.807, 2.05) is 36.4 Å². The van der Waals surface area contributed by atoms with Gasteiger partial charge in [0.15, 0.2) is 0 Å². The third kappa shape index (κ3) is 5.49. The molecule has 2 atom stereocenters. The van der Waals surface area contributed by atoms with Crippen LogP contribution < -0.4 is 9.61 Å². The van der Waals surface area contributed by atoms with Crippen LogP contribution in [0.2, 0.25) is 0 Å². The molecule has 0 spiro atoms. The molecule has 0 aliphatic rings. The second-order valence-corrected chi connectivity index (χ2v) is 6.73. The molecule has 0 heterocycles. The first kappa shape index (κ1) is 18.2. The molecule has 0 fully saturated rings. The number of hydrogen-bond donors (Lipinski definition) is 1. The van der Waals surface area contributed by atoms with E-state index in [0.29, 0.717) is 5.75 Å². The van der Waals surface area contributed by atoms with Gasteiger partial charge in [-0.05, 0) is 24.6 Å². The molecule has 6 nitrogen and oxygen atoms in total. The fourth-order valence-corrected chi connectivity index (χ4v) is 3.39. The third-order valence-electron chi connectivity index (χ3n) is 3.12. The summed E-state index contributed by atoms with van der Waals surface area (Å²) in [6, 6.07) is 17.0. The average Bonchev–Trinajstić information content (AvgIpc) is 2.61. The minimum atomic E-state index is -3.78. The molecule has 1 N–H and O–H groups in total. The van der Waals surface area contributed by atoms with Crippen LogP contribution in [0.15, 0.2) is 60.7 Å². The van der Waals surface area contributed by atoms with E-state index in [9.17, 15) is 9.36 Å². The van der Waals surface area contributed by atoms with E-state index in [4.69, 9.17) is 9.05 Å². The zero-order valence-corrected chi connectivity index (χ0v) is 14.4. The lowest BCUT2D eigenvalue weighted by Crippen LogP contribution is -2.34. The molecule has 2 aromatic carbocycles. The number of ether oxygens (including phenoxy) is 1. The Morgan fingerprint density at radius 2 is 1.67 bits per heavy atom. The Morgan fingerprint density at radius 1 is 1.08 bits per heavy atom. The molecule has 7 heteroatoms. The Labute approximate surface area is 141 Å². The number of esters is 1. The number of hydrogen-bond acceptors (Lipinski definition) is 5. The summed E-state index contributed by atoms with van der Waals surface area (Å²) >= 11 is 0. The van der Waals surface area contributed by atoms with E-state index in [0.717, 1.165) is 5.56 Å². The van der Waals surface area contributed by atoms with Crippen LogP contribution in [0.5, 0.6) is 5.75 Å². The Kier molecular flexibility index (Phi) is 6.55. The lowest BCUT2D eigenvalue weighted by atomic mass is 10.2. The highest BCUT2D eigenvalue weighted by Crippen LogP contribution is 2.45. The van der Waals surface area contributed by atoms with E-state index in [1.165, 1.54) is 14.0 Å². The minimum Gasteiger partial charge on any atom is -0.468 e. The van der Waals surface area contributed by atoms with E-state index < -0.39 is 19.8 Å². The summed E-state index contributed by atoms with van der Waals surface area (Å²) in [4.78, 5) is 11.6. The van der Waals surface area contributed by atoms with Crippen LogP contribution in [0.4, 0.5) is 0 Å². The van der Waals surface area contributed by atoms with Crippen molar-refractivity contribution in [3.63, 3.8) is 0 Å². The van der Waals surface area contributed by atoms with Crippen molar-refractivity contribution in [1.29, 1.82) is 0 Å². The summed E-state index contributed by atoms with van der Waals surface area (Å²) in [7, 11) is -2.52. The van der Waals surface area contributed by atoms with E-state index in [-0.39, 0.29) is 6.61 Å². The number of carbonyl (C=O) groups is 1. The predicted molar refractivity (Wildman–Crippen MR) is 90.5 cm³/mol. The van der Waals surface area contributed by atoms with Gasteiger partial charge in [0.25, 0.3) is 0 Å². The molecule has 0 bridgehead atoms. The van der Waals surface area contributed by atoms with Gasteiger partial charge in [0.1, 0.15) is 11.8 Å². The molecule has 24 heavy (non-hydrogen) atoms. The molecule has 2 rings (SSSR count). The molecule has 0 aliphatic carbocycles. The molecule has 0 saturated carbocycles. The fraction of sp³-hybridized carbons (Fsp3) is 0.235. The molecule has 0 aliphatic heterocycles. The van der Waals surface area contributed by atoms with E-state index in [1.54, 1.807) is 24.3 Å². The first-order chi connectivity index (χ1) is 11.5. The first-order valence-electron chi connectivity index (χ1n) is 7.41. The maximum atomic E-state index is 13.0. The van der Waals surface area contributed by atoms with Gasteiger partial charge in [-0.25, -0.2) is 4.57 Å². The van der Waals surface area contributed by atoms with Crippen molar-refractivity contribution in [2.75, 3.05) is 7.11 Å². The fourth-order valence-electron chi connectivity index (χ4n) is 1.91. The minimum absolute atomic E-state index is 0.0752. The van der Waals surface area contributed by atoms with Crippen LogP contribution >= 0.6 is 7.75 Å². The molecule has 0 radical (unpaired) electrons. The summed E-state index contributed by atoms with van der Waals surface area (Å²) in [5.41, 5.74) is 0.835. The van der Waals surface area contributed by atoms with E-state index in [2.05, 4.69) is 9.82 Å². The van der Waals surface area contributed by atoms with Crippen LogP contribution in [0, 0.1) is 0 Å². The number of carbonyl (C=O) groups excluding carboxylic acids is 1. The number of benzene rings is 2. The van der Waals surface area contributed by atoms with Crippen molar-refractivity contribution in [3.05, 3.63) is 66.2 Å². The van der Waals surface area contributed by atoms with Gasteiger partial charge in [-0.1, -0.05) is 48.5 Å². The van der Waals surface area contributed by atoms with Crippen molar-refractivity contribution < 1.29 is 23.1 Å². The molecule has 128 valence electrons. The van der Waals surface area contributed by atoms with E-state index >= 15 is 0 Å². The van der Waals surface area contributed by atoms with Gasteiger partial charge < -0.3 is 9.26 Å². The molecule has 0 saturated heterocycles. The van der Waals surface area contributed by atoms with Crippen molar-refractivity contribution in [2.24, 2.45) is 0 Å². The van der Waals surface area contributed by atoms with Crippen molar-refractivity contribution in [2.45, 2.75) is 19.6 Å². The number of nitrogens with one attached hydrogen (secondary N) is 1. The van der Waals surface area contributed by atoms with Crippen molar-refractivity contribution in [1.82, 2.24) is 5.09 Å². The Morgan fingerprint density at radius 3 is 2.25 bits per heavy atom. The largest absolute Gasteiger partial charge is 0.468 e. The average molecular weight is 349 g/mol. The van der Waals surface area contributed by atoms with Gasteiger partial charge in [-0.3, -0.25) is 9.32 Å². The SMILES string of the molecule is COC(=O)C(C)NP(=O)(OCc1ccccc1)Oc1ccccc1. The summed E-state index contributed by atoms with van der Waals surface area (Å²) in [5, 5.41) is 2.60. The van der Waals surface area contributed by atoms with Crippen LogP contribution in [-0.2, 0) is 25.2 Å². The standard InChI is InChI=1S/C17H20NO5P/c1-14(17(19)21-2)18-24(20,23-16-11-7-4-8-12-16)22-13-15-9-5-3-6-10-15/h3-12,14H,13H2,1-2H3,(H,18,20). The van der Waals surface area contributed by atoms with Crippen molar-refractivity contribution >= 4 is 13.7 Å². The highest BCUT2D eigenvalue weighted by Gasteiger charge is 2.32. The molecule has 0 amide bonds. The van der Waals surface area contributed by atoms with Gasteiger partial charge in [0.05, 0.1) is 13.7 Å². The maximum Gasteiger partial charge on any atom is 0.459 e. The topological polar surface area (TPSA) is 73.9 Å². The number of para-hydroxylation sites is 1. The summed E-state index contributed by atoms with van der Waals surface area (Å²) in [5.74, 6) is -0.186. The predicted octanol–water partition coefficient (Wildman–Crippen LogP) is 3.54. The van der Waals surface area contributed by atoms with Gasteiger partial charge in [-0.15, -0.1) is 0 Å². The smallest absolute Gasteiger partial charge is 0.459 e. The Bertz CT molecular complexity index is 693. The lowest BCUT2D eigenvalue weighted by molar-refractivity contribution is -0.142. The maximum absolute atomic E-state index is 13.0. The summed E-state index contributed by atoms with van der Waals surface area (Å²) < 4.78 is 28.7. The Balaban J connectivity index is 2.13. The zero-order valence-electron chi connectivity index (χ0n) is 13.5. The lowest BCUT2D eigenvalue weighted by Gasteiger charge is -2.22. The highest BCUT2D eigenvalue weighted by atomic mass is 31.2.